The van der Waals surface area contributed by atoms with E-state index in [2.05, 4.69) is 44.5 Å². The van der Waals surface area contributed by atoms with Gasteiger partial charge in [-0.1, -0.05) is 38.8 Å². The van der Waals surface area contributed by atoms with Crippen LogP contribution in [0.1, 0.15) is 32.6 Å². The molecule has 3 aliphatic heterocycles. The molecule has 3 fully saturated rings. The fourth-order valence-electron chi connectivity index (χ4n) is 3.43. The Morgan fingerprint density at radius 3 is 2.60 bits per heavy atom. The molecule has 20 heavy (non-hydrogen) atoms. The van der Waals surface area contributed by atoms with E-state index in [0.29, 0.717) is 4.83 Å². The lowest BCUT2D eigenvalue weighted by molar-refractivity contribution is -0.146. The van der Waals surface area contributed by atoms with Gasteiger partial charge in [0, 0.05) is 22.7 Å². The third-order valence-electron chi connectivity index (χ3n) is 4.42. The van der Waals surface area contributed by atoms with E-state index in [4.69, 9.17) is 14.2 Å². The van der Waals surface area contributed by atoms with Gasteiger partial charge >= 0.3 is 0 Å². The molecule has 0 saturated carbocycles. The molecule has 2 unspecified atom stereocenters. The highest BCUT2D eigenvalue weighted by Crippen LogP contribution is 2.40. The summed E-state index contributed by atoms with van der Waals surface area (Å²) in [6.45, 7) is 2.17. The molecule has 2 bridgehead atoms. The third-order valence-corrected chi connectivity index (χ3v) is 5.64. The van der Waals surface area contributed by atoms with Crippen molar-refractivity contribution in [2.45, 2.75) is 74.1 Å². The van der Waals surface area contributed by atoms with Crippen molar-refractivity contribution in [3.63, 3.8) is 0 Å². The number of fused-ring (bicyclic) bond motifs is 3. The van der Waals surface area contributed by atoms with E-state index in [9.17, 15) is 0 Å². The van der Waals surface area contributed by atoms with Gasteiger partial charge in [-0.2, -0.15) is 0 Å². The van der Waals surface area contributed by atoms with E-state index in [1.807, 2.05) is 6.08 Å². The second kappa shape index (κ2) is 6.64. The minimum absolute atomic E-state index is 0.0988. The van der Waals surface area contributed by atoms with Crippen LogP contribution in [-0.2, 0) is 14.2 Å². The molecule has 5 heteroatoms. The number of rotatable bonds is 2. The molecule has 3 heterocycles. The Bertz CT molecular complexity index is 402. The summed E-state index contributed by atoms with van der Waals surface area (Å²) in [6, 6.07) is 0. The Labute approximate surface area is 137 Å². The molecule has 0 aromatic rings. The summed E-state index contributed by atoms with van der Waals surface area (Å²) < 4.78 is 18.6. The molecule has 0 N–H and O–H groups in total. The van der Waals surface area contributed by atoms with Crippen LogP contribution in [0.4, 0.5) is 0 Å². The largest absolute Gasteiger partial charge is 0.371 e. The summed E-state index contributed by atoms with van der Waals surface area (Å²) in [5.74, 6) is 0. The second-order valence-corrected chi connectivity index (χ2v) is 7.35. The lowest BCUT2D eigenvalue weighted by atomic mass is 10.0. The highest BCUT2D eigenvalue weighted by Gasteiger charge is 2.47. The van der Waals surface area contributed by atoms with E-state index in [1.54, 1.807) is 4.99 Å². The van der Waals surface area contributed by atoms with E-state index < -0.39 is 0 Å². The van der Waals surface area contributed by atoms with Crippen LogP contribution in [0.25, 0.3) is 0 Å². The average molecular weight is 408 g/mol. The molecular weight excluding hydrogens is 388 g/mol. The zero-order chi connectivity index (χ0) is 14.1. The Morgan fingerprint density at radius 2 is 1.85 bits per heavy atom. The highest BCUT2D eigenvalue weighted by atomic mass is 79.9. The van der Waals surface area contributed by atoms with Gasteiger partial charge in [0.15, 0.2) is 0 Å². The number of halogens is 2. The molecule has 112 valence electrons. The lowest BCUT2D eigenvalue weighted by Crippen LogP contribution is -2.40. The van der Waals surface area contributed by atoms with Crippen molar-refractivity contribution in [3.8, 4) is 0 Å². The van der Waals surface area contributed by atoms with Gasteiger partial charge in [-0.25, -0.2) is 0 Å². The van der Waals surface area contributed by atoms with E-state index in [0.717, 1.165) is 25.7 Å². The molecule has 0 radical (unpaired) electrons. The summed E-state index contributed by atoms with van der Waals surface area (Å²) in [7, 11) is 0. The second-order valence-electron chi connectivity index (χ2n) is 5.71. The van der Waals surface area contributed by atoms with Crippen molar-refractivity contribution >= 4 is 31.9 Å². The smallest absolute Gasteiger partial charge is 0.0871 e. The highest BCUT2D eigenvalue weighted by molar-refractivity contribution is 9.11. The number of hydrogen-bond donors (Lipinski definition) is 0. The van der Waals surface area contributed by atoms with Gasteiger partial charge in [0.05, 0.1) is 36.6 Å². The summed E-state index contributed by atoms with van der Waals surface area (Å²) in [5.41, 5.74) is 3.04. The first-order valence-corrected chi connectivity index (χ1v) is 9.16. The predicted octanol–water partition coefficient (Wildman–Crippen LogP) is 3.70. The van der Waals surface area contributed by atoms with Gasteiger partial charge in [0.1, 0.15) is 0 Å². The molecule has 0 aromatic heterocycles. The zero-order valence-corrected chi connectivity index (χ0v) is 14.7. The quantitative estimate of drug-likeness (QED) is 0.516. The van der Waals surface area contributed by atoms with Gasteiger partial charge in [-0.05, 0) is 18.9 Å². The van der Waals surface area contributed by atoms with Gasteiger partial charge in [-0.15, -0.1) is 5.73 Å². The number of hydrogen-bond acceptors (Lipinski definition) is 3. The van der Waals surface area contributed by atoms with Crippen LogP contribution in [0.3, 0.4) is 0 Å². The topological polar surface area (TPSA) is 27.7 Å². The molecule has 0 aromatic carbocycles. The molecule has 3 rings (SSSR count). The first-order valence-electron chi connectivity index (χ1n) is 7.33. The molecule has 3 nitrogen and oxygen atoms in total. The predicted molar refractivity (Wildman–Crippen MR) is 84.4 cm³/mol. The maximum atomic E-state index is 6.31. The molecule has 0 spiro atoms. The zero-order valence-electron chi connectivity index (χ0n) is 11.5. The summed E-state index contributed by atoms with van der Waals surface area (Å²) in [4.78, 5) is 2.15. The number of alkyl halides is 1. The van der Waals surface area contributed by atoms with Crippen molar-refractivity contribution < 1.29 is 14.2 Å². The Balaban J connectivity index is 1.76. The van der Waals surface area contributed by atoms with Crippen molar-refractivity contribution in [3.05, 3.63) is 16.8 Å². The fourth-order valence-corrected chi connectivity index (χ4v) is 4.29. The Kier molecular flexibility index (Phi) is 5.06. The van der Waals surface area contributed by atoms with E-state index >= 15 is 0 Å². The standard InChI is InChI=1S/C15H20Br2O3/c1-2-11-14-7-10(17)12(20-14)8-15-13(19-11)6-9(18-15)4-3-5-16/h4-5,9-15H,2,6-8H2,1H3/t3?,9-,10+,11?,12?,13-,14+,15-/m1/s1. The molecule has 0 amide bonds. The van der Waals surface area contributed by atoms with E-state index in [-0.39, 0.29) is 36.6 Å². The maximum Gasteiger partial charge on any atom is 0.0871 e. The van der Waals surface area contributed by atoms with Crippen LogP contribution >= 0.6 is 31.9 Å². The molecular formula is C15H20Br2O3. The average Bonchev–Trinajstić information content (AvgIpc) is 2.97. The maximum absolute atomic E-state index is 6.31. The monoisotopic (exact) mass is 406 g/mol. The van der Waals surface area contributed by atoms with Crippen molar-refractivity contribution in [1.29, 1.82) is 0 Å². The van der Waals surface area contributed by atoms with Crippen LogP contribution in [0.5, 0.6) is 0 Å². The third kappa shape index (κ3) is 3.08. The SMILES string of the molecule is CCC1O[C@@H]2C[C@@H](C=C=CBr)O[C@@H]2CC2O[C@H]1C[C@@H]2Br. The van der Waals surface area contributed by atoms with Gasteiger partial charge < -0.3 is 14.2 Å². The minimum atomic E-state index is 0.0988. The van der Waals surface area contributed by atoms with Gasteiger partial charge in [0.25, 0.3) is 0 Å². The molecule has 3 saturated heterocycles. The summed E-state index contributed by atoms with van der Waals surface area (Å²) in [6.07, 6.45) is 6.91. The first-order chi connectivity index (χ1) is 9.71. The first kappa shape index (κ1) is 15.3. The van der Waals surface area contributed by atoms with Crippen LogP contribution in [0, 0.1) is 0 Å². The Hall–Kier alpha value is 0.360. The van der Waals surface area contributed by atoms with Crippen molar-refractivity contribution in [1.82, 2.24) is 0 Å². The summed E-state index contributed by atoms with van der Waals surface area (Å²) >= 11 is 6.99. The van der Waals surface area contributed by atoms with Crippen LogP contribution in [0.15, 0.2) is 16.8 Å². The lowest BCUT2D eigenvalue weighted by Gasteiger charge is -2.32. The molecule has 0 aliphatic carbocycles. The number of ether oxygens (including phenoxy) is 3. The fraction of sp³-hybridized carbons (Fsp3) is 0.800. The Morgan fingerprint density at radius 1 is 1.05 bits per heavy atom. The van der Waals surface area contributed by atoms with Crippen LogP contribution in [0.2, 0.25) is 0 Å². The minimum Gasteiger partial charge on any atom is -0.371 e. The van der Waals surface area contributed by atoms with Crippen LogP contribution in [-0.4, -0.2) is 41.5 Å². The van der Waals surface area contributed by atoms with Crippen molar-refractivity contribution in [2.24, 2.45) is 0 Å². The molecule has 3 aliphatic rings. The normalized spacial score (nSPS) is 47.0. The van der Waals surface area contributed by atoms with Crippen molar-refractivity contribution in [2.75, 3.05) is 0 Å². The summed E-state index contributed by atoms with van der Waals surface area (Å²) in [5, 5.41) is 0. The van der Waals surface area contributed by atoms with Crippen LogP contribution < -0.4 is 0 Å². The van der Waals surface area contributed by atoms with E-state index in [1.165, 1.54) is 0 Å². The van der Waals surface area contributed by atoms with Gasteiger partial charge in [-0.3, -0.25) is 0 Å². The molecule has 7 atom stereocenters. The van der Waals surface area contributed by atoms with Gasteiger partial charge in [0.2, 0.25) is 0 Å².